The Morgan fingerprint density at radius 2 is 1.45 bits per heavy atom. The van der Waals surface area contributed by atoms with Gasteiger partial charge in [0.25, 0.3) is 0 Å². The number of rotatable bonds is 10. The first-order valence-corrected chi connectivity index (χ1v) is 7.17. The van der Waals surface area contributed by atoms with Gasteiger partial charge in [0.15, 0.2) is 0 Å². The SMILES string of the molecule is CCCN(CCC)CCOC(=O)NCNC(=O)OCC. The van der Waals surface area contributed by atoms with E-state index >= 15 is 0 Å². The second-order valence-electron chi connectivity index (χ2n) is 4.23. The number of nitrogens with zero attached hydrogens (tertiary/aromatic N) is 1. The molecule has 0 atom stereocenters. The topological polar surface area (TPSA) is 79.9 Å². The molecule has 0 saturated heterocycles. The Hall–Kier alpha value is -1.50. The van der Waals surface area contributed by atoms with Gasteiger partial charge in [0.1, 0.15) is 6.61 Å². The van der Waals surface area contributed by atoms with E-state index in [1.165, 1.54) is 0 Å². The number of hydrogen-bond donors (Lipinski definition) is 2. The van der Waals surface area contributed by atoms with Gasteiger partial charge in [-0.1, -0.05) is 13.8 Å². The molecule has 0 aliphatic rings. The van der Waals surface area contributed by atoms with Crippen LogP contribution in [-0.4, -0.2) is 56.6 Å². The third-order valence-electron chi connectivity index (χ3n) is 2.46. The van der Waals surface area contributed by atoms with E-state index < -0.39 is 12.2 Å². The van der Waals surface area contributed by atoms with Gasteiger partial charge in [0.2, 0.25) is 0 Å². The van der Waals surface area contributed by atoms with Crippen molar-refractivity contribution in [2.45, 2.75) is 33.6 Å². The van der Waals surface area contributed by atoms with Crippen LogP contribution in [0.4, 0.5) is 9.59 Å². The maximum Gasteiger partial charge on any atom is 0.408 e. The van der Waals surface area contributed by atoms with Gasteiger partial charge < -0.3 is 20.1 Å². The minimum atomic E-state index is -0.565. The Balaban J connectivity index is 3.63. The lowest BCUT2D eigenvalue weighted by atomic mass is 10.3. The minimum Gasteiger partial charge on any atom is -0.450 e. The van der Waals surface area contributed by atoms with Gasteiger partial charge in [0.05, 0.1) is 13.3 Å². The zero-order chi connectivity index (χ0) is 15.2. The Kier molecular flexibility index (Phi) is 11.6. The van der Waals surface area contributed by atoms with E-state index in [4.69, 9.17) is 4.74 Å². The van der Waals surface area contributed by atoms with Gasteiger partial charge in [-0.05, 0) is 32.9 Å². The fraction of sp³-hybridized carbons (Fsp3) is 0.846. The molecule has 0 heterocycles. The molecule has 0 fully saturated rings. The van der Waals surface area contributed by atoms with Crippen LogP contribution in [0.25, 0.3) is 0 Å². The van der Waals surface area contributed by atoms with Crippen LogP contribution >= 0.6 is 0 Å². The van der Waals surface area contributed by atoms with Crippen LogP contribution in [0, 0.1) is 0 Å². The summed E-state index contributed by atoms with van der Waals surface area (Å²) in [7, 11) is 0. The Bertz CT molecular complexity index is 268. The molecule has 0 aromatic carbocycles. The molecule has 0 bridgehead atoms. The number of hydrogen-bond acceptors (Lipinski definition) is 5. The lowest BCUT2D eigenvalue weighted by molar-refractivity contribution is 0.125. The highest BCUT2D eigenvalue weighted by Crippen LogP contribution is 1.94. The third-order valence-corrected chi connectivity index (χ3v) is 2.46. The summed E-state index contributed by atoms with van der Waals surface area (Å²) in [6.45, 7) is 9.30. The van der Waals surface area contributed by atoms with Crippen LogP contribution in [0.15, 0.2) is 0 Å². The second-order valence-corrected chi connectivity index (χ2v) is 4.23. The maximum atomic E-state index is 11.3. The molecular weight excluding hydrogens is 262 g/mol. The van der Waals surface area contributed by atoms with Crippen LogP contribution in [0.5, 0.6) is 0 Å². The van der Waals surface area contributed by atoms with Gasteiger partial charge in [-0.15, -0.1) is 0 Å². The van der Waals surface area contributed by atoms with E-state index in [0.717, 1.165) is 32.5 Å². The minimum absolute atomic E-state index is 0.00863. The van der Waals surface area contributed by atoms with Crippen molar-refractivity contribution in [3.05, 3.63) is 0 Å². The molecule has 0 rings (SSSR count). The lowest BCUT2D eigenvalue weighted by Gasteiger charge is -2.20. The number of alkyl carbamates (subject to hydrolysis) is 2. The Morgan fingerprint density at radius 3 is 1.95 bits per heavy atom. The summed E-state index contributed by atoms with van der Waals surface area (Å²) < 4.78 is 9.66. The summed E-state index contributed by atoms with van der Waals surface area (Å²) in [6, 6.07) is 0. The molecule has 0 unspecified atom stereocenters. The van der Waals surface area contributed by atoms with Crippen molar-refractivity contribution < 1.29 is 19.1 Å². The molecule has 7 heteroatoms. The first-order chi connectivity index (χ1) is 9.63. The highest BCUT2D eigenvalue weighted by Gasteiger charge is 2.06. The summed E-state index contributed by atoms with van der Waals surface area (Å²) in [5, 5.41) is 4.79. The number of ether oxygens (including phenoxy) is 2. The van der Waals surface area contributed by atoms with E-state index in [2.05, 4.69) is 34.1 Å². The molecule has 2 amide bonds. The molecule has 20 heavy (non-hydrogen) atoms. The van der Waals surface area contributed by atoms with Crippen molar-refractivity contribution in [2.75, 3.05) is 39.5 Å². The van der Waals surface area contributed by atoms with Gasteiger partial charge in [-0.3, -0.25) is 4.90 Å². The van der Waals surface area contributed by atoms with Crippen LogP contribution in [-0.2, 0) is 9.47 Å². The average Bonchev–Trinajstić information content (AvgIpc) is 2.39. The molecule has 0 aliphatic carbocycles. The molecular formula is C13H27N3O4. The number of carbonyl (C=O) groups excluding carboxylic acids is 2. The monoisotopic (exact) mass is 289 g/mol. The fourth-order valence-electron chi connectivity index (χ4n) is 1.66. The lowest BCUT2D eigenvalue weighted by Crippen LogP contribution is -2.38. The van der Waals surface area contributed by atoms with Gasteiger partial charge in [-0.2, -0.15) is 0 Å². The Labute approximate surface area is 121 Å². The van der Waals surface area contributed by atoms with Crippen molar-refractivity contribution >= 4 is 12.2 Å². The summed E-state index contributed by atoms with van der Waals surface area (Å²) in [6.07, 6.45) is 1.05. The zero-order valence-corrected chi connectivity index (χ0v) is 12.7. The van der Waals surface area contributed by atoms with Gasteiger partial charge in [0, 0.05) is 6.54 Å². The summed E-state index contributed by atoms with van der Waals surface area (Å²) in [4.78, 5) is 24.5. The van der Waals surface area contributed by atoms with Crippen molar-refractivity contribution in [3.63, 3.8) is 0 Å². The van der Waals surface area contributed by atoms with E-state index in [0.29, 0.717) is 13.2 Å². The molecule has 7 nitrogen and oxygen atoms in total. The molecule has 118 valence electrons. The normalized spacial score (nSPS) is 10.2. The second kappa shape index (κ2) is 12.5. The van der Waals surface area contributed by atoms with Crippen molar-refractivity contribution in [3.8, 4) is 0 Å². The predicted molar refractivity (Wildman–Crippen MR) is 76.5 cm³/mol. The van der Waals surface area contributed by atoms with E-state index in [1.807, 2.05) is 0 Å². The molecule has 0 spiro atoms. The fourth-order valence-corrected chi connectivity index (χ4v) is 1.66. The van der Waals surface area contributed by atoms with Crippen molar-refractivity contribution in [1.82, 2.24) is 15.5 Å². The highest BCUT2D eigenvalue weighted by atomic mass is 16.6. The van der Waals surface area contributed by atoms with Crippen LogP contribution in [0.1, 0.15) is 33.6 Å². The van der Waals surface area contributed by atoms with Crippen LogP contribution < -0.4 is 10.6 Å². The summed E-state index contributed by atoms with van der Waals surface area (Å²) in [5.41, 5.74) is 0. The Morgan fingerprint density at radius 1 is 0.900 bits per heavy atom. The number of carbonyl (C=O) groups is 2. The van der Waals surface area contributed by atoms with Crippen molar-refractivity contribution in [1.29, 1.82) is 0 Å². The molecule has 0 radical (unpaired) electrons. The van der Waals surface area contributed by atoms with Crippen LogP contribution in [0.3, 0.4) is 0 Å². The van der Waals surface area contributed by atoms with E-state index in [-0.39, 0.29) is 6.67 Å². The molecule has 0 aromatic heterocycles. The summed E-state index contributed by atoms with van der Waals surface area (Å²) in [5.74, 6) is 0. The third kappa shape index (κ3) is 10.4. The predicted octanol–water partition coefficient (Wildman–Crippen LogP) is 1.54. The van der Waals surface area contributed by atoms with E-state index in [1.54, 1.807) is 6.92 Å². The quantitative estimate of drug-likeness (QED) is 0.596. The maximum absolute atomic E-state index is 11.3. The van der Waals surface area contributed by atoms with E-state index in [9.17, 15) is 9.59 Å². The molecule has 0 aromatic rings. The smallest absolute Gasteiger partial charge is 0.408 e. The first-order valence-electron chi connectivity index (χ1n) is 7.17. The van der Waals surface area contributed by atoms with Crippen LogP contribution in [0.2, 0.25) is 0 Å². The van der Waals surface area contributed by atoms with Gasteiger partial charge >= 0.3 is 12.2 Å². The largest absolute Gasteiger partial charge is 0.450 e. The van der Waals surface area contributed by atoms with Gasteiger partial charge in [-0.25, -0.2) is 9.59 Å². The van der Waals surface area contributed by atoms with Crippen molar-refractivity contribution in [2.24, 2.45) is 0 Å². The molecule has 2 N–H and O–H groups in total. The molecule has 0 saturated carbocycles. The highest BCUT2D eigenvalue weighted by molar-refractivity contribution is 5.69. The average molecular weight is 289 g/mol. The molecule has 0 aliphatic heterocycles. The first kappa shape index (κ1) is 18.5. The summed E-state index contributed by atoms with van der Waals surface area (Å²) >= 11 is 0. The zero-order valence-electron chi connectivity index (χ0n) is 12.7. The standard InChI is InChI=1S/C13H27N3O4/c1-4-7-16(8-5-2)9-10-20-13(18)15-11-14-12(17)19-6-3/h4-11H2,1-3H3,(H,14,17)(H,15,18). The number of amides is 2. The number of nitrogens with one attached hydrogen (secondary N) is 2.